The fourth-order valence-electron chi connectivity index (χ4n) is 3.18. The van der Waals surface area contributed by atoms with E-state index in [1.54, 1.807) is 49.4 Å². The average Bonchev–Trinajstić information content (AvgIpc) is 2.75. The Balaban J connectivity index is 2.42. The SMILES string of the molecule is COc1cccc(N(CC(=O)N(Cc2ccccc2Cl)C(C)C(=O)NC(C)C)S(C)(=O)=O)c1. The molecule has 33 heavy (non-hydrogen) atoms. The van der Waals surface area contributed by atoms with E-state index in [0.717, 1.165) is 10.6 Å². The largest absolute Gasteiger partial charge is 0.497 e. The molecule has 0 aliphatic rings. The lowest BCUT2D eigenvalue weighted by Crippen LogP contribution is -2.52. The Morgan fingerprint density at radius 1 is 1.09 bits per heavy atom. The van der Waals surface area contributed by atoms with Gasteiger partial charge >= 0.3 is 0 Å². The first-order valence-corrected chi connectivity index (χ1v) is 12.6. The third-order valence-corrected chi connectivity index (χ3v) is 6.43. The summed E-state index contributed by atoms with van der Waals surface area (Å²) in [6.45, 7) is 4.79. The minimum absolute atomic E-state index is 0.0426. The van der Waals surface area contributed by atoms with E-state index < -0.39 is 28.5 Å². The van der Waals surface area contributed by atoms with Crippen LogP contribution >= 0.6 is 11.6 Å². The van der Waals surface area contributed by atoms with Crippen molar-refractivity contribution >= 4 is 39.1 Å². The van der Waals surface area contributed by atoms with Crippen LogP contribution < -0.4 is 14.4 Å². The van der Waals surface area contributed by atoms with E-state index >= 15 is 0 Å². The number of nitrogens with zero attached hydrogens (tertiary/aromatic N) is 2. The van der Waals surface area contributed by atoms with Crippen LogP contribution in [0.2, 0.25) is 5.02 Å². The number of sulfonamides is 1. The van der Waals surface area contributed by atoms with Gasteiger partial charge in [0.05, 0.1) is 19.1 Å². The number of methoxy groups -OCH3 is 1. The van der Waals surface area contributed by atoms with Crippen LogP contribution in [-0.2, 0) is 26.2 Å². The van der Waals surface area contributed by atoms with Gasteiger partial charge in [0, 0.05) is 23.7 Å². The molecule has 0 aliphatic heterocycles. The van der Waals surface area contributed by atoms with Crippen LogP contribution in [0.25, 0.3) is 0 Å². The van der Waals surface area contributed by atoms with Crippen LogP contribution in [0, 0.1) is 0 Å². The maximum absolute atomic E-state index is 13.4. The third-order valence-electron chi connectivity index (χ3n) is 4.92. The van der Waals surface area contributed by atoms with Gasteiger partial charge in [0.25, 0.3) is 0 Å². The Hall–Kier alpha value is -2.78. The predicted octanol–water partition coefficient (Wildman–Crippen LogP) is 3.06. The number of hydrogen-bond donors (Lipinski definition) is 1. The second-order valence-corrected chi connectivity index (χ2v) is 10.2. The number of amides is 2. The zero-order valence-electron chi connectivity index (χ0n) is 19.4. The van der Waals surface area contributed by atoms with Crippen molar-refractivity contribution in [1.82, 2.24) is 10.2 Å². The highest BCUT2D eigenvalue weighted by atomic mass is 35.5. The van der Waals surface area contributed by atoms with Crippen LogP contribution in [0.4, 0.5) is 5.69 Å². The van der Waals surface area contributed by atoms with Crippen molar-refractivity contribution < 1.29 is 22.7 Å². The van der Waals surface area contributed by atoms with Gasteiger partial charge in [0.1, 0.15) is 18.3 Å². The summed E-state index contributed by atoms with van der Waals surface area (Å²) in [4.78, 5) is 27.5. The highest BCUT2D eigenvalue weighted by molar-refractivity contribution is 7.92. The zero-order chi connectivity index (χ0) is 24.8. The van der Waals surface area contributed by atoms with Crippen molar-refractivity contribution in [2.24, 2.45) is 0 Å². The lowest BCUT2D eigenvalue weighted by molar-refractivity contribution is -0.139. The number of nitrogens with one attached hydrogen (secondary N) is 1. The summed E-state index contributed by atoms with van der Waals surface area (Å²) in [5, 5.41) is 3.24. The molecule has 0 fully saturated rings. The first kappa shape index (κ1) is 26.5. The molecule has 10 heteroatoms. The molecule has 2 aromatic rings. The fraction of sp³-hybridized carbons (Fsp3) is 0.391. The zero-order valence-corrected chi connectivity index (χ0v) is 21.0. The van der Waals surface area contributed by atoms with Crippen molar-refractivity contribution in [3.8, 4) is 5.75 Å². The summed E-state index contributed by atoms with van der Waals surface area (Å²) in [5.74, 6) is -0.446. The van der Waals surface area contributed by atoms with Gasteiger partial charge < -0.3 is 15.0 Å². The molecular weight excluding hydrogens is 466 g/mol. The van der Waals surface area contributed by atoms with Gasteiger partial charge in [0.15, 0.2) is 0 Å². The Morgan fingerprint density at radius 3 is 2.33 bits per heavy atom. The van der Waals surface area contributed by atoms with E-state index in [1.807, 2.05) is 13.8 Å². The number of carbonyl (C=O) groups is 2. The molecule has 0 spiro atoms. The van der Waals surface area contributed by atoms with Crippen LogP contribution in [0.1, 0.15) is 26.3 Å². The van der Waals surface area contributed by atoms with E-state index in [2.05, 4.69) is 5.32 Å². The first-order chi connectivity index (χ1) is 15.4. The molecule has 0 aliphatic carbocycles. The molecule has 2 amide bonds. The van der Waals surface area contributed by atoms with Gasteiger partial charge in [0.2, 0.25) is 21.8 Å². The summed E-state index contributed by atoms with van der Waals surface area (Å²) < 4.78 is 31.3. The van der Waals surface area contributed by atoms with Gasteiger partial charge in [-0.25, -0.2) is 8.42 Å². The molecule has 1 N–H and O–H groups in total. The highest BCUT2D eigenvalue weighted by Gasteiger charge is 2.30. The molecule has 2 aromatic carbocycles. The number of carbonyl (C=O) groups excluding carboxylic acids is 2. The number of halogens is 1. The summed E-state index contributed by atoms with van der Waals surface area (Å²) in [7, 11) is -2.35. The normalized spacial score (nSPS) is 12.2. The molecule has 0 aromatic heterocycles. The quantitative estimate of drug-likeness (QED) is 0.546. The Kier molecular flexibility index (Phi) is 9.13. The van der Waals surface area contributed by atoms with Crippen molar-refractivity contribution in [3.63, 3.8) is 0 Å². The monoisotopic (exact) mass is 495 g/mol. The standard InChI is InChI=1S/C23H30ClN3O5S/c1-16(2)25-23(29)17(3)26(14-18-9-6-7-12-21(18)24)22(28)15-27(33(5,30)31)19-10-8-11-20(13-19)32-4/h6-13,16-17H,14-15H2,1-5H3,(H,25,29). The molecular formula is C23H30ClN3O5S. The molecule has 8 nitrogen and oxygen atoms in total. The van der Waals surface area contributed by atoms with Gasteiger partial charge in [-0.2, -0.15) is 0 Å². The second-order valence-electron chi connectivity index (χ2n) is 7.92. The molecule has 1 unspecified atom stereocenters. The minimum Gasteiger partial charge on any atom is -0.497 e. The third kappa shape index (κ3) is 7.36. The predicted molar refractivity (Wildman–Crippen MR) is 130 cm³/mol. The number of anilines is 1. The summed E-state index contributed by atoms with van der Waals surface area (Å²) >= 11 is 6.29. The molecule has 0 radical (unpaired) electrons. The molecule has 0 saturated carbocycles. The molecule has 0 bridgehead atoms. The lowest BCUT2D eigenvalue weighted by atomic mass is 10.1. The first-order valence-electron chi connectivity index (χ1n) is 10.4. The van der Waals surface area contributed by atoms with Gasteiger partial charge in [-0.3, -0.25) is 13.9 Å². The Bertz CT molecular complexity index is 1090. The Morgan fingerprint density at radius 2 is 1.76 bits per heavy atom. The summed E-state index contributed by atoms with van der Waals surface area (Å²) in [5.41, 5.74) is 0.922. The van der Waals surface area contributed by atoms with Crippen molar-refractivity contribution in [1.29, 1.82) is 0 Å². The molecule has 2 rings (SSSR count). The van der Waals surface area contributed by atoms with Crippen LogP contribution in [0.15, 0.2) is 48.5 Å². The van der Waals surface area contributed by atoms with Crippen LogP contribution in [0.3, 0.4) is 0 Å². The van der Waals surface area contributed by atoms with Crippen molar-refractivity contribution in [2.45, 2.75) is 39.4 Å². The topological polar surface area (TPSA) is 96.0 Å². The van der Waals surface area contributed by atoms with Crippen molar-refractivity contribution in [3.05, 3.63) is 59.1 Å². The summed E-state index contributed by atoms with van der Waals surface area (Å²) in [6, 6.07) is 12.4. The maximum Gasteiger partial charge on any atom is 0.244 e. The fourth-order valence-corrected chi connectivity index (χ4v) is 4.21. The van der Waals surface area contributed by atoms with Crippen molar-refractivity contribution in [2.75, 3.05) is 24.2 Å². The second kappa shape index (κ2) is 11.4. The van der Waals surface area contributed by atoms with Gasteiger partial charge in [-0.15, -0.1) is 0 Å². The van der Waals surface area contributed by atoms with Crippen LogP contribution in [0.5, 0.6) is 5.75 Å². The van der Waals surface area contributed by atoms with Gasteiger partial charge in [-0.1, -0.05) is 35.9 Å². The lowest BCUT2D eigenvalue weighted by Gasteiger charge is -2.32. The maximum atomic E-state index is 13.4. The molecule has 180 valence electrons. The Labute approximate surface area is 200 Å². The van der Waals surface area contributed by atoms with E-state index in [9.17, 15) is 18.0 Å². The van der Waals surface area contributed by atoms with E-state index in [-0.39, 0.29) is 24.2 Å². The highest BCUT2D eigenvalue weighted by Crippen LogP contribution is 2.24. The molecule has 1 atom stereocenters. The number of ether oxygens (including phenoxy) is 1. The van der Waals surface area contributed by atoms with E-state index in [0.29, 0.717) is 16.3 Å². The van der Waals surface area contributed by atoms with Crippen LogP contribution in [-0.4, -0.2) is 57.1 Å². The number of hydrogen-bond acceptors (Lipinski definition) is 5. The molecule has 0 heterocycles. The van der Waals surface area contributed by atoms with E-state index in [1.165, 1.54) is 18.1 Å². The number of benzene rings is 2. The smallest absolute Gasteiger partial charge is 0.244 e. The summed E-state index contributed by atoms with van der Waals surface area (Å²) in [6.07, 6.45) is 1.02. The van der Waals surface area contributed by atoms with Gasteiger partial charge in [-0.05, 0) is 44.5 Å². The molecule has 0 saturated heterocycles. The average molecular weight is 496 g/mol. The van der Waals surface area contributed by atoms with E-state index in [4.69, 9.17) is 16.3 Å². The minimum atomic E-state index is -3.81. The number of rotatable bonds is 10.